The highest BCUT2D eigenvalue weighted by Gasteiger charge is 2.28. The molecule has 1 atom stereocenters. The maximum atomic E-state index is 11.5. The van der Waals surface area contributed by atoms with Crippen molar-refractivity contribution >= 4 is 11.8 Å². The van der Waals surface area contributed by atoms with Gasteiger partial charge in [-0.2, -0.15) is 0 Å². The molecule has 1 aliphatic rings. The van der Waals surface area contributed by atoms with E-state index in [1.165, 1.54) is 16.9 Å². The first-order valence-electron chi connectivity index (χ1n) is 4.73. The summed E-state index contributed by atoms with van der Waals surface area (Å²) in [7, 11) is 3.06. The van der Waals surface area contributed by atoms with Gasteiger partial charge in [0.15, 0.2) is 0 Å². The molecule has 6 heteroatoms. The van der Waals surface area contributed by atoms with Gasteiger partial charge in [0.1, 0.15) is 0 Å². The Bertz CT molecular complexity index is 256. The Balaban J connectivity index is 2.48. The normalized spacial score (nSPS) is 19.7. The van der Waals surface area contributed by atoms with E-state index in [0.29, 0.717) is 0 Å². The van der Waals surface area contributed by atoms with Crippen molar-refractivity contribution in [3.63, 3.8) is 0 Å². The molecule has 0 bridgehead atoms. The number of aliphatic hydroxyl groups is 1. The van der Waals surface area contributed by atoms with Crippen molar-refractivity contribution in [2.24, 2.45) is 0 Å². The van der Waals surface area contributed by atoms with Crippen LogP contribution >= 0.6 is 0 Å². The number of hydrogen-bond acceptors (Lipinski definition) is 4. The Kier molecular flexibility index (Phi) is 4.05. The maximum Gasteiger partial charge on any atom is 0.242 e. The molecule has 0 saturated carbocycles. The number of amides is 2. The van der Waals surface area contributed by atoms with Crippen LogP contribution in [-0.4, -0.2) is 73.2 Å². The number of nitrogens with zero attached hydrogens (tertiary/aromatic N) is 2. The third-order valence-electron chi connectivity index (χ3n) is 2.27. The number of piperazine rings is 1. The second kappa shape index (κ2) is 5.09. The van der Waals surface area contributed by atoms with E-state index in [9.17, 15) is 14.7 Å². The highest BCUT2D eigenvalue weighted by atomic mass is 16.5. The molecule has 86 valence electrons. The van der Waals surface area contributed by atoms with Crippen molar-refractivity contribution in [3.05, 3.63) is 0 Å². The molecule has 0 aromatic rings. The monoisotopic (exact) mass is 216 g/mol. The fourth-order valence-electron chi connectivity index (χ4n) is 1.43. The summed E-state index contributed by atoms with van der Waals surface area (Å²) in [6.07, 6.45) is -0.741. The summed E-state index contributed by atoms with van der Waals surface area (Å²) < 4.78 is 4.75. The fourth-order valence-corrected chi connectivity index (χ4v) is 1.43. The molecule has 6 nitrogen and oxygen atoms in total. The quantitative estimate of drug-likeness (QED) is 0.608. The van der Waals surface area contributed by atoms with E-state index in [0.717, 1.165) is 0 Å². The lowest BCUT2D eigenvalue weighted by Crippen LogP contribution is -2.54. The summed E-state index contributed by atoms with van der Waals surface area (Å²) in [6, 6.07) is 0. The van der Waals surface area contributed by atoms with Gasteiger partial charge >= 0.3 is 0 Å². The zero-order valence-electron chi connectivity index (χ0n) is 8.97. The highest BCUT2D eigenvalue weighted by Crippen LogP contribution is 2.03. The van der Waals surface area contributed by atoms with Crippen LogP contribution in [0.1, 0.15) is 0 Å². The van der Waals surface area contributed by atoms with Gasteiger partial charge in [-0.15, -0.1) is 0 Å². The van der Waals surface area contributed by atoms with Gasteiger partial charge in [-0.3, -0.25) is 9.59 Å². The maximum absolute atomic E-state index is 11.5. The third-order valence-corrected chi connectivity index (χ3v) is 2.27. The highest BCUT2D eigenvalue weighted by molar-refractivity contribution is 5.92. The van der Waals surface area contributed by atoms with Crippen LogP contribution in [0.3, 0.4) is 0 Å². The van der Waals surface area contributed by atoms with Gasteiger partial charge in [0.05, 0.1) is 25.8 Å². The molecule has 0 aliphatic carbocycles. The van der Waals surface area contributed by atoms with Gasteiger partial charge in [0.2, 0.25) is 11.8 Å². The molecule has 15 heavy (non-hydrogen) atoms. The number of β-amino-alcohol motifs (C(OH)–C–C–N with tert-alkyl or cyclic N) is 1. The summed E-state index contributed by atoms with van der Waals surface area (Å²) in [4.78, 5) is 25.5. The number of hydrogen-bond donors (Lipinski definition) is 1. The van der Waals surface area contributed by atoms with Crippen LogP contribution < -0.4 is 0 Å². The van der Waals surface area contributed by atoms with Crippen LogP contribution in [-0.2, 0) is 14.3 Å². The lowest BCUT2D eigenvalue weighted by atomic mass is 10.2. The molecular formula is C9H16N2O4. The lowest BCUT2D eigenvalue weighted by molar-refractivity contribution is -0.150. The number of rotatable bonds is 4. The Morgan fingerprint density at radius 2 is 2.07 bits per heavy atom. The van der Waals surface area contributed by atoms with Crippen LogP contribution in [0.4, 0.5) is 0 Å². The largest absolute Gasteiger partial charge is 0.389 e. The minimum Gasteiger partial charge on any atom is -0.389 e. The third kappa shape index (κ3) is 3.17. The van der Waals surface area contributed by atoms with Crippen molar-refractivity contribution in [1.29, 1.82) is 0 Å². The van der Waals surface area contributed by atoms with Crippen molar-refractivity contribution in [2.45, 2.75) is 6.10 Å². The summed E-state index contributed by atoms with van der Waals surface area (Å²) >= 11 is 0. The predicted octanol–water partition coefficient (Wildman–Crippen LogP) is -1.71. The Hall–Kier alpha value is -1.14. The number of aliphatic hydroxyl groups excluding tert-OH is 1. The minimum atomic E-state index is -0.741. The summed E-state index contributed by atoms with van der Waals surface area (Å²) in [5.74, 6) is -0.258. The Morgan fingerprint density at radius 1 is 1.40 bits per heavy atom. The van der Waals surface area contributed by atoms with E-state index >= 15 is 0 Å². The van der Waals surface area contributed by atoms with E-state index in [1.54, 1.807) is 7.05 Å². The van der Waals surface area contributed by atoms with Crippen LogP contribution in [0, 0.1) is 0 Å². The van der Waals surface area contributed by atoms with Gasteiger partial charge in [-0.05, 0) is 0 Å². The van der Waals surface area contributed by atoms with Gasteiger partial charge in [0, 0.05) is 20.7 Å². The number of carbonyl (C=O) groups is 2. The molecular weight excluding hydrogens is 200 g/mol. The van der Waals surface area contributed by atoms with Crippen LogP contribution in [0.2, 0.25) is 0 Å². The molecule has 1 fully saturated rings. The Labute approximate surface area is 88.4 Å². The molecule has 0 radical (unpaired) electrons. The molecule has 1 N–H and O–H groups in total. The molecule has 0 spiro atoms. The Morgan fingerprint density at radius 3 is 2.67 bits per heavy atom. The summed E-state index contributed by atoms with van der Waals surface area (Å²) in [5, 5.41) is 9.43. The molecule has 1 heterocycles. The number of carbonyl (C=O) groups excluding carboxylic acids is 2. The predicted molar refractivity (Wildman–Crippen MR) is 52.1 cm³/mol. The first-order chi connectivity index (χ1) is 7.04. The van der Waals surface area contributed by atoms with E-state index in [4.69, 9.17) is 4.74 Å². The van der Waals surface area contributed by atoms with Crippen LogP contribution in [0.5, 0.6) is 0 Å². The second-order valence-electron chi connectivity index (χ2n) is 3.63. The van der Waals surface area contributed by atoms with Crippen LogP contribution in [0.15, 0.2) is 0 Å². The standard InChI is InChI=1S/C9H16N2O4/c1-10-4-9(14)11(5-8(10)13)3-7(12)6-15-2/h7,12H,3-6H2,1-2H3. The average molecular weight is 216 g/mol. The smallest absolute Gasteiger partial charge is 0.242 e. The van der Waals surface area contributed by atoms with Gasteiger partial charge in [0.25, 0.3) is 0 Å². The zero-order chi connectivity index (χ0) is 11.4. The zero-order valence-corrected chi connectivity index (χ0v) is 8.97. The SMILES string of the molecule is COCC(O)CN1CC(=O)N(C)CC1=O. The van der Waals surface area contributed by atoms with Gasteiger partial charge < -0.3 is 19.6 Å². The van der Waals surface area contributed by atoms with Crippen LogP contribution in [0.25, 0.3) is 0 Å². The van der Waals surface area contributed by atoms with Crippen molar-refractivity contribution in [2.75, 3.05) is 40.4 Å². The lowest BCUT2D eigenvalue weighted by Gasteiger charge is -2.32. The molecule has 2 amide bonds. The summed E-state index contributed by atoms with van der Waals surface area (Å²) in [6.45, 7) is 0.425. The van der Waals surface area contributed by atoms with E-state index in [2.05, 4.69) is 0 Å². The minimum absolute atomic E-state index is 0.0378. The van der Waals surface area contributed by atoms with Gasteiger partial charge in [-0.25, -0.2) is 0 Å². The molecule has 1 saturated heterocycles. The molecule has 1 aliphatic heterocycles. The van der Waals surface area contributed by atoms with Gasteiger partial charge in [-0.1, -0.05) is 0 Å². The van der Waals surface area contributed by atoms with E-state index in [-0.39, 0.29) is 38.1 Å². The van der Waals surface area contributed by atoms with Crippen molar-refractivity contribution in [3.8, 4) is 0 Å². The van der Waals surface area contributed by atoms with Crippen molar-refractivity contribution < 1.29 is 19.4 Å². The average Bonchev–Trinajstić information content (AvgIpc) is 2.14. The molecule has 1 rings (SSSR count). The number of ether oxygens (including phenoxy) is 1. The fraction of sp³-hybridized carbons (Fsp3) is 0.778. The second-order valence-corrected chi connectivity index (χ2v) is 3.63. The topological polar surface area (TPSA) is 70.1 Å². The molecule has 0 aromatic carbocycles. The number of likely N-dealkylation sites (N-methyl/N-ethyl adjacent to an activating group) is 1. The first kappa shape index (κ1) is 11.9. The number of methoxy groups -OCH3 is 1. The van der Waals surface area contributed by atoms with Crippen molar-refractivity contribution in [1.82, 2.24) is 9.80 Å². The van der Waals surface area contributed by atoms with E-state index < -0.39 is 6.10 Å². The molecule has 1 unspecified atom stereocenters. The first-order valence-corrected chi connectivity index (χ1v) is 4.73. The van der Waals surface area contributed by atoms with E-state index in [1.807, 2.05) is 0 Å². The molecule has 0 aromatic heterocycles. The summed E-state index contributed by atoms with van der Waals surface area (Å²) in [5.41, 5.74) is 0.